The highest BCUT2D eigenvalue weighted by molar-refractivity contribution is 6.06. The van der Waals surface area contributed by atoms with Crippen LogP contribution in [-0.4, -0.2) is 52.4 Å². The Hall–Kier alpha value is -4.39. The molecule has 7 rings (SSSR count). The van der Waals surface area contributed by atoms with Gasteiger partial charge in [0.15, 0.2) is 0 Å². The summed E-state index contributed by atoms with van der Waals surface area (Å²) in [6, 6.07) is 26.2. The normalized spacial score (nSPS) is 17.4. The minimum absolute atomic E-state index is 0.00851. The summed E-state index contributed by atoms with van der Waals surface area (Å²) in [5.74, 6) is 1.59. The van der Waals surface area contributed by atoms with Gasteiger partial charge in [0.2, 0.25) is 0 Å². The number of hydrogen-bond donors (Lipinski definition) is 0. The first-order chi connectivity index (χ1) is 20.7. The number of carbonyl (C=O) groups excluding carboxylic acids is 2. The Morgan fingerprint density at radius 3 is 2.24 bits per heavy atom. The molecule has 3 aliphatic rings. The van der Waals surface area contributed by atoms with E-state index in [-0.39, 0.29) is 11.8 Å². The maximum atomic E-state index is 14.0. The molecule has 0 spiro atoms. The van der Waals surface area contributed by atoms with E-state index in [1.54, 1.807) is 6.20 Å². The van der Waals surface area contributed by atoms with Crippen LogP contribution in [0.25, 0.3) is 0 Å². The van der Waals surface area contributed by atoms with Crippen LogP contribution in [0.5, 0.6) is 0 Å². The average Bonchev–Trinajstić information content (AvgIpc) is 3.38. The number of aromatic nitrogens is 2. The molecule has 214 valence electrons. The van der Waals surface area contributed by atoms with E-state index in [1.807, 2.05) is 70.5 Å². The van der Waals surface area contributed by atoms with E-state index in [0.717, 1.165) is 35.9 Å². The number of nitrogens with zero attached hydrogens (tertiary/aromatic N) is 5. The molecule has 2 aromatic carbocycles. The van der Waals surface area contributed by atoms with Crippen LogP contribution in [-0.2, 0) is 13.1 Å². The van der Waals surface area contributed by atoms with Crippen molar-refractivity contribution in [2.24, 2.45) is 0 Å². The third-order valence-electron chi connectivity index (χ3n) is 9.24. The van der Waals surface area contributed by atoms with Crippen molar-refractivity contribution in [1.29, 1.82) is 0 Å². The fourth-order valence-corrected chi connectivity index (χ4v) is 6.86. The van der Waals surface area contributed by atoms with Crippen LogP contribution < -0.4 is 9.80 Å². The lowest BCUT2D eigenvalue weighted by atomic mass is 9.84. The SMILES string of the molecule is O=C(c1ccc2n1Cc1ccccc1N(C(=O)c1ccc(C3CCCCC3)cc1)C2)N1CCN(c2ccccn2)CC1. The van der Waals surface area contributed by atoms with Crippen molar-refractivity contribution in [3.05, 3.63) is 113 Å². The maximum absolute atomic E-state index is 14.0. The molecule has 7 heteroatoms. The molecule has 0 bridgehead atoms. The van der Waals surface area contributed by atoms with Crippen molar-refractivity contribution >= 4 is 23.3 Å². The minimum Gasteiger partial charge on any atom is -0.353 e. The van der Waals surface area contributed by atoms with Crippen LogP contribution in [0, 0.1) is 0 Å². The fraction of sp³-hybridized carbons (Fsp3) is 0.343. The summed E-state index contributed by atoms with van der Waals surface area (Å²) in [6.45, 7) is 3.77. The Labute approximate surface area is 247 Å². The third-order valence-corrected chi connectivity index (χ3v) is 9.24. The zero-order valence-corrected chi connectivity index (χ0v) is 24.0. The molecule has 42 heavy (non-hydrogen) atoms. The van der Waals surface area contributed by atoms with E-state index in [9.17, 15) is 9.59 Å². The molecule has 4 heterocycles. The van der Waals surface area contributed by atoms with Crippen LogP contribution in [0.3, 0.4) is 0 Å². The monoisotopic (exact) mass is 559 g/mol. The number of para-hydroxylation sites is 1. The van der Waals surface area contributed by atoms with Crippen LogP contribution >= 0.6 is 0 Å². The minimum atomic E-state index is -0.00851. The van der Waals surface area contributed by atoms with E-state index in [2.05, 4.69) is 32.7 Å². The topological polar surface area (TPSA) is 61.7 Å². The summed E-state index contributed by atoms with van der Waals surface area (Å²) in [4.78, 5) is 38.3. The van der Waals surface area contributed by atoms with Crippen LogP contribution in [0.2, 0.25) is 0 Å². The highest BCUT2D eigenvalue weighted by Gasteiger charge is 2.30. The van der Waals surface area contributed by atoms with Gasteiger partial charge in [-0.25, -0.2) is 4.98 Å². The summed E-state index contributed by atoms with van der Waals surface area (Å²) in [5.41, 5.74) is 5.64. The molecular formula is C35H37N5O2. The van der Waals surface area contributed by atoms with Gasteiger partial charge in [0.05, 0.1) is 13.1 Å². The Bertz CT molecular complexity index is 1560. The molecule has 0 radical (unpaired) electrons. The first-order valence-electron chi connectivity index (χ1n) is 15.3. The second kappa shape index (κ2) is 11.5. The quantitative estimate of drug-likeness (QED) is 0.303. The lowest BCUT2D eigenvalue weighted by Gasteiger charge is -2.35. The zero-order chi connectivity index (χ0) is 28.5. The Morgan fingerprint density at radius 1 is 0.714 bits per heavy atom. The predicted octanol–water partition coefficient (Wildman–Crippen LogP) is 6.10. The Balaban J connectivity index is 1.11. The van der Waals surface area contributed by atoms with E-state index in [4.69, 9.17) is 0 Å². The molecular weight excluding hydrogens is 522 g/mol. The van der Waals surface area contributed by atoms with Gasteiger partial charge >= 0.3 is 0 Å². The van der Waals surface area contributed by atoms with Crippen molar-refractivity contribution in [2.45, 2.75) is 51.1 Å². The van der Waals surface area contributed by atoms with Crippen LogP contribution in [0.1, 0.15) is 75.7 Å². The first kappa shape index (κ1) is 26.5. The number of anilines is 2. The van der Waals surface area contributed by atoms with E-state index >= 15 is 0 Å². The molecule has 1 saturated heterocycles. The number of amides is 2. The molecule has 7 nitrogen and oxygen atoms in total. The van der Waals surface area contributed by atoms with Crippen molar-refractivity contribution in [3.63, 3.8) is 0 Å². The van der Waals surface area contributed by atoms with Crippen LogP contribution in [0.15, 0.2) is 85.1 Å². The summed E-state index contributed by atoms with van der Waals surface area (Å²) in [6.07, 6.45) is 8.21. The molecule has 2 aromatic heterocycles. The summed E-state index contributed by atoms with van der Waals surface area (Å²) in [5, 5.41) is 0. The van der Waals surface area contributed by atoms with Gasteiger partial charge in [0.1, 0.15) is 11.5 Å². The van der Waals surface area contributed by atoms with Crippen LogP contribution in [0.4, 0.5) is 11.5 Å². The molecule has 4 aromatic rings. The van der Waals surface area contributed by atoms with Crippen molar-refractivity contribution in [2.75, 3.05) is 36.0 Å². The lowest BCUT2D eigenvalue weighted by molar-refractivity contribution is 0.0735. The molecule has 2 amide bonds. The smallest absolute Gasteiger partial charge is 0.270 e. The van der Waals surface area contributed by atoms with Crippen molar-refractivity contribution < 1.29 is 9.59 Å². The van der Waals surface area contributed by atoms with Gasteiger partial charge in [-0.1, -0.05) is 55.7 Å². The first-order valence-corrected chi connectivity index (χ1v) is 15.3. The van der Waals surface area contributed by atoms with E-state index in [0.29, 0.717) is 43.4 Å². The molecule has 0 unspecified atom stereocenters. The number of carbonyl (C=O) groups is 2. The fourth-order valence-electron chi connectivity index (χ4n) is 6.86. The largest absolute Gasteiger partial charge is 0.353 e. The average molecular weight is 560 g/mol. The molecule has 1 aliphatic carbocycles. The van der Waals surface area contributed by atoms with Gasteiger partial charge in [-0.15, -0.1) is 0 Å². The molecule has 0 atom stereocenters. The zero-order valence-electron chi connectivity index (χ0n) is 24.0. The third kappa shape index (κ3) is 5.08. The summed E-state index contributed by atoms with van der Waals surface area (Å²) >= 11 is 0. The van der Waals surface area contributed by atoms with Gasteiger partial charge in [-0.3, -0.25) is 9.59 Å². The number of rotatable bonds is 4. The van der Waals surface area contributed by atoms with Gasteiger partial charge in [-0.2, -0.15) is 0 Å². The number of pyridine rings is 1. The second-order valence-corrected chi connectivity index (χ2v) is 11.7. The Kier molecular flexibility index (Phi) is 7.24. The van der Waals surface area contributed by atoms with Gasteiger partial charge < -0.3 is 19.3 Å². The molecule has 1 saturated carbocycles. The molecule has 2 fully saturated rings. The van der Waals surface area contributed by atoms with Crippen molar-refractivity contribution in [1.82, 2.24) is 14.5 Å². The van der Waals surface area contributed by atoms with Gasteiger partial charge in [-0.05, 0) is 72.4 Å². The highest BCUT2D eigenvalue weighted by Crippen LogP contribution is 2.34. The summed E-state index contributed by atoms with van der Waals surface area (Å²) < 4.78 is 2.10. The van der Waals surface area contributed by atoms with Crippen molar-refractivity contribution in [3.8, 4) is 0 Å². The van der Waals surface area contributed by atoms with Gasteiger partial charge in [0, 0.05) is 49.3 Å². The van der Waals surface area contributed by atoms with Gasteiger partial charge in [0.25, 0.3) is 11.8 Å². The summed E-state index contributed by atoms with van der Waals surface area (Å²) in [7, 11) is 0. The van der Waals surface area contributed by atoms with E-state index in [1.165, 1.54) is 37.7 Å². The predicted molar refractivity (Wildman–Crippen MR) is 165 cm³/mol. The molecule has 0 N–H and O–H groups in total. The lowest BCUT2D eigenvalue weighted by Crippen LogP contribution is -2.49. The standard InChI is InChI=1S/C35H37N5O2/c41-34(28-15-13-27(14-16-28)26-8-2-1-3-9-26)40-25-30-17-18-32(39(30)24-29-10-4-5-11-31(29)40)35(42)38-22-20-37(21-23-38)33-12-6-7-19-36-33/h4-7,10-19,26H,1-3,8-9,20-25H2. The van der Waals surface area contributed by atoms with E-state index < -0.39 is 0 Å². The number of benzene rings is 2. The second-order valence-electron chi connectivity index (χ2n) is 11.7. The molecule has 2 aliphatic heterocycles. The maximum Gasteiger partial charge on any atom is 0.270 e. The number of fused-ring (bicyclic) bond motifs is 2. The number of hydrogen-bond acceptors (Lipinski definition) is 4. The number of piperazine rings is 1. The highest BCUT2D eigenvalue weighted by atomic mass is 16.2. The Morgan fingerprint density at radius 2 is 1.48 bits per heavy atom.